The van der Waals surface area contributed by atoms with Crippen molar-refractivity contribution < 1.29 is 19.6 Å². The molecule has 0 saturated carbocycles. The fraction of sp³-hybridized carbons (Fsp3) is 0.429. The molecule has 2 atom stereocenters. The molecule has 4 nitrogen and oxygen atoms in total. The van der Waals surface area contributed by atoms with E-state index in [1.54, 1.807) is 22.7 Å². The fourth-order valence-corrected chi connectivity index (χ4v) is 4.22. The molecule has 0 N–H and O–H groups in total. The summed E-state index contributed by atoms with van der Waals surface area (Å²) >= 11 is 3.48. The minimum absolute atomic E-state index is 0.0219. The molecule has 2 heterocycles. The topological polar surface area (TPSA) is 36.9 Å². The molecule has 2 unspecified atom stereocenters. The molecule has 0 aliphatic rings. The van der Waals surface area contributed by atoms with Crippen LogP contribution in [0.15, 0.2) is 60.3 Å². The quantitative estimate of drug-likeness (QED) is 0.239. The smallest absolute Gasteiger partial charge is 0.0927 e. The van der Waals surface area contributed by atoms with Gasteiger partial charge < -0.3 is 0 Å². The third kappa shape index (κ3) is 8.51. The van der Waals surface area contributed by atoms with Crippen LogP contribution in [-0.4, -0.2) is 27.4 Å². The van der Waals surface area contributed by atoms with E-state index in [2.05, 4.69) is 52.7 Å². The number of allylic oxidation sites excluding steroid dienone is 2. The van der Waals surface area contributed by atoms with Crippen LogP contribution in [0.4, 0.5) is 0 Å². The van der Waals surface area contributed by atoms with Gasteiger partial charge in [0.05, 0.1) is 27.4 Å². The first-order valence-corrected chi connectivity index (χ1v) is 10.5. The van der Waals surface area contributed by atoms with Gasteiger partial charge in [-0.25, -0.2) is 19.6 Å². The Bertz CT molecular complexity index is 610. The molecular weight excluding hydrogens is 380 g/mol. The minimum atomic E-state index is -0.0219. The Labute approximate surface area is 170 Å². The second-order valence-electron chi connectivity index (χ2n) is 6.15. The zero-order valence-corrected chi connectivity index (χ0v) is 18.0. The first-order valence-electron chi connectivity index (χ1n) is 8.71. The van der Waals surface area contributed by atoms with Crippen LogP contribution in [0.3, 0.4) is 0 Å². The van der Waals surface area contributed by atoms with Gasteiger partial charge in [0, 0.05) is 21.1 Å². The van der Waals surface area contributed by atoms with E-state index >= 15 is 0 Å². The average Bonchev–Trinajstić information content (AvgIpc) is 3.38. The van der Waals surface area contributed by atoms with Crippen molar-refractivity contribution in [3.05, 3.63) is 70.1 Å². The zero-order chi connectivity index (χ0) is 20.0. The molecule has 2 rings (SSSR count). The number of hydrogen-bond donors (Lipinski definition) is 0. The molecule has 0 aromatic carbocycles. The molecule has 6 heteroatoms. The maximum Gasteiger partial charge on any atom is 0.0927 e. The Morgan fingerprint density at radius 3 is 2.26 bits per heavy atom. The Hall–Kier alpha value is -1.28. The van der Waals surface area contributed by atoms with Crippen molar-refractivity contribution in [2.75, 3.05) is 27.4 Å². The number of hydrogen-bond acceptors (Lipinski definition) is 6. The van der Waals surface area contributed by atoms with Crippen molar-refractivity contribution in [3.8, 4) is 0 Å². The molecule has 2 aromatic heterocycles. The third-order valence-electron chi connectivity index (χ3n) is 3.99. The maximum atomic E-state index is 5.03. The molecule has 150 valence electrons. The summed E-state index contributed by atoms with van der Waals surface area (Å²) in [5.41, 5.74) is -0.0219. The Morgan fingerprint density at radius 1 is 1.04 bits per heavy atom. The van der Waals surface area contributed by atoms with Crippen molar-refractivity contribution >= 4 is 22.7 Å². The molecule has 2 aromatic rings. The Morgan fingerprint density at radius 2 is 1.74 bits per heavy atom. The van der Waals surface area contributed by atoms with Crippen LogP contribution in [0.2, 0.25) is 0 Å². The van der Waals surface area contributed by atoms with E-state index in [-0.39, 0.29) is 5.41 Å². The monoisotopic (exact) mass is 410 g/mol. The lowest BCUT2D eigenvalue weighted by atomic mass is 9.86. The van der Waals surface area contributed by atoms with E-state index < -0.39 is 0 Å². The minimum Gasteiger partial charge on any atom is -0.240 e. The molecule has 0 spiro atoms. The molecule has 0 radical (unpaired) electrons. The molecule has 0 amide bonds. The van der Waals surface area contributed by atoms with Crippen molar-refractivity contribution in [2.24, 2.45) is 0 Å². The Kier molecular flexibility index (Phi) is 12.2. The largest absolute Gasteiger partial charge is 0.240 e. The van der Waals surface area contributed by atoms with Crippen molar-refractivity contribution in [2.45, 2.75) is 31.1 Å². The Balaban J connectivity index is 0.000000271. The predicted molar refractivity (Wildman–Crippen MR) is 114 cm³/mol. The summed E-state index contributed by atoms with van der Waals surface area (Å²) in [6.07, 6.45) is 5.63. The zero-order valence-electron chi connectivity index (χ0n) is 16.4. The van der Waals surface area contributed by atoms with Crippen LogP contribution in [0.5, 0.6) is 0 Å². The van der Waals surface area contributed by atoms with Gasteiger partial charge in [-0.05, 0) is 35.7 Å². The highest BCUT2D eigenvalue weighted by Gasteiger charge is 2.27. The van der Waals surface area contributed by atoms with E-state index in [1.165, 1.54) is 24.0 Å². The van der Waals surface area contributed by atoms with Crippen molar-refractivity contribution in [1.29, 1.82) is 0 Å². The summed E-state index contributed by atoms with van der Waals surface area (Å²) in [4.78, 5) is 21.8. The number of rotatable bonds is 12. The molecular formula is C21H30O4S2. The van der Waals surface area contributed by atoms with Crippen LogP contribution in [0.25, 0.3) is 0 Å². The molecule has 0 bridgehead atoms. The normalized spacial score (nSPS) is 13.9. The summed E-state index contributed by atoms with van der Waals surface area (Å²) in [5, 5.41) is 4.14. The summed E-state index contributed by atoms with van der Waals surface area (Å²) in [6.45, 7) is 10.8. The van der Waals surface area contributed by atoms with E-state index in [4.69, 9.17) is 9.78 Å². The summed E-state index contributed by atoms with van der Waals surface area (Å²) in [5.74, 6) is 0.373. The lowest BCUT2D eigenvalue weighted by Crippen LogP contribution is -2.26. The summed E-state index contributed by atoms with van der Waals surface area (Å²) in [6, 6.07) is 8.32. The molecule has 0 fully saturated rings. The van der Waals surface area contributed by atoms with Gasteiger partial charge in [-0.1, -0.05) is 31.2 Å². The van der Waals surface area contributed by atoms with Gasteiger partial charge in [0.15, 0.2) is 0 Å². The highest BCUT2D eigenvalue weighted by atomic mass is 32.1. The van der Waals surface area contributed by atoms with Crippen LogP contribution >= 0.6 is 22.7 Å². The highest BCUT2D eigenvalue weighted by Crippen LogP contribution is 2.32. The van der Waals surface area contributed by atoms with Crippen LogP contribution < -0.4 is 0 Å². The summed E-state index contributed by atoms with van der Waals surface area (Å²) < 4.78 is 0. The van der Waals surface area contributed by atoms with Crippen LogP contribution in [0.1, 0.15) is 35.4 Å². The van der Waals surface area contributed by atoms with Crippen molar-refractivity contribution in [3.63, 3.8) is 0 Å². The number of thiophene rings is 2. The average molecular weight is 411 g/mol. The van der Waals surface area contributed by atoms with E-state index in [0.29, 0.717) is 19.1 Å². The van der Waals surface area contributed by atoms with Gasteiger partial charge >= 0.3 is 0 Å². The van der Waals surface area contributed by atoms with Crippen molar-refractivity contribution in [1.82, 2.24) is 0 Å². The lowest BCUT2D eigenvalue weighted by Gasteiger charge is -2.25. The predicted octanol–water partition coefficient (Wildman–Crippen LogP) is 6.15. The van der Waals surface area contributed by atoms with E-state index in [9.17, 15) is 0 Å². The summed E-state index contributed by atoms with van der Waals surface area (Å²) in [7, 11) is 3.06. The van der Waals surface area contributed by atoms with Gasteiger partial charge in [0.25, 0.3) is 0 Å². The molecule has 0 aliphatic carbocycles. The van der Waals surface area contributed by atoms with Gasteiger partial charge in [0.2, 0.25) is 0 Å². The van der Waals surface area contributed by atoms with E-state index in [1.807, 2.05) is 24.3 Å². The first-order chi connectivity index (χ1) is 13.1. The van der Waals surface area contributed by atoms with Gasteiger partial charge in [-0.3, -0.25) is 0 Å². The standard InChI is InChI=1S/C11H16O2S.C10H14O2S/c1-4-7-11(2,9-13-12-3)10-6-5-8-14-10;1-3-5-9(8-12-11-2)10-6-4-7-13-10/h4-6,8H,1,7,9H2,2-3H3;3-4,6-7,9H,1,5,8H2,2H3. The maximum absolute atomic E-state index is 5.03. The van der Waals surface area contributed by atoms with Gasteiger partial charge in [0.1, 0.15) is 0 Å². The van der Waals surface area contributed by atoms with Crippen LogP contribution in [-0.2, 0) is 25.0 Å². The first kappa shape index (κ1) is 23.8. The molecule has 0 aliphatic heterocycles. The van der Waals surface area contributed by atoms with E-state index in [0.717, 1.165) is 12.8 Å². The fourth-order valence-electron chi connectivity index (χ4n) is 2.50. The molecule has 0 saturated heterocycles. The van der Waals surface area contributed by atoms with Crippen LogP contribution in [0, 0.1) is 0 Å². The SMILES string of the molecule is C=CCC(C)(COOC)c1cccs1.C=CCC(COOC)c1cccs1. The lowest BCUT2D eigenvalue weighted by molar-refractivity contribution is -0.281. The van der Waals surface area contributed by atoms with Gasteiger partial charge in [-0.2, -0.15) is 0 Å². The molecule has 27 heavy (non-hydrogen) atoms. The third-order valence-corrected chi connectivity index (χ3v) is 6.20. The van der Waals surface area contributed by atoms with Gasteiger partial charge in [-0.15, -0.1) is 35.8 Å². The second kappa shape index (κ2) is 13.8. The highest BCUT2D eigenvalue weighted by molar-refractivity contribution is 7.10. The second-order valence-corrected chi connectivity index (χ2v) is 8.07.